The molecule has 1 fully saturated rings. The maximum atomic E-state index is 13.3. The van der Waals surface area contributed by atoms with Gasteiger partial charge in [-0.3, -0.25) is 0 Å². The number of nitrogens with zero attached hydrogens (tertiary/aromatic N) is 1. The first-order valence-electron chi connectivity index (χ1n) is 4.24. The summed E-state index contributed by atoms with van der Waals surface area (Å²) in [7, 11) is 0. The molecule has 0 amide bonds. The van der Waals surface area contributed by atoms with Gasteiger partial charge in [-0.05, 0) is 40.8 Å². The van der Waals surface area contributed by atoms with Crippen LogP contribution in [0, 0.1) is 5.95 Å². The molecule has 0 bridgehead atoms. The standard InChI is InChI=1S/C9H10BrFN2/c10-8-2-1-7(9(11)13-8)5-3-6(12)4-5/h1-2,5-6H,3-4,12H2. The Kier molecular flexibility index (Phi) is 2.34. The van der Waals surface area contributed by atoms with E-state index in [9.17, 15) is 4.39 Å². The van der Waals surface area contributed by atoms with Crippen LogP contribution >= 0.6 is 15.9 Å². The second kappa shape index (κ2) is 3.35. The van der Waals surface area contributed by atoms with Gasteiger partial charge in [-0.1, -0.05) is 6.07 Å². The molecule has 4 heteroatoms. The number of rotatable bonds is 1. The van der Waals surface area contributed by atoms with Crippen molar-refractivity contribution in [3.8, 4) is 0 Å². The molecule has 2 N–H and O–H groups in total. The van der Waals surface area contributed by atoms with Crippen molar-refractivity contribution in [1.29, 1.82) is 0 Å². The SMILES string of the molecule is NC1CC(c2ccc(Br)nc2F)C1. The summed E-state index contributed by atoms with van der Waals surface area (Å²) in [5.74, 6) is -0.0955. The van der Waals surface area contributed by atoms with Crippen molar-refractivity contribution in [3.63, 3.8) is 0 Å². The minimum atomic E-state index is -0.369. The van der Waals surface area contributed by atoms with Crippen molar-refractivity contribution >= 4 is 15.9 Å². The molecular formula is C9H10BrFN2. The van der Waals surface area contributed by atoms with Gasteiger partial charge in [0.1, 0.15) is 4.60 Å². The highest BCUT2D eigenvalue weighted by Crippen LogP contribution is 2.36. The van der Waals surface area contributed by atoms with E-state index in [1.165, 1.54) is 0 Å². The fourth-order valence-corrected chi connectivity index (χ4v) is 1.93. The Labute approximate surface area is 84.5 Å². The summed E-state index contributed by atoms with van der Waals surface area (Å²) >= 11 is 3.12. The number of hydrogen-bond acceptors (Lipinski definition) is 2. The molecule has 0 unspecified atom stereocenters. The maximum absolute atomic E-state index is 13.3. The molecule has 0 saturated heterocycles. The minimum Gasteiger partial charge on any atom is -0.328 e. The molecular weight excluding hydrogens is 235 g/mol. The summed E-state index contributed by atoms with van der Waals surface area (Å²) in [6, 6.07) is 3.79. The van der Waals surface area contributed by atoms with Crippen molar-refractivity contribution in [2.45, 2.75) is 24.8 Å². The fraction of sp³-hybridized carbons (Fsp3) is 0.444. The molecule has 1 aromatic heterocycles. The first-order chi connectivity index (χ1) is 6.16. The Morgan fingerprint density at radius 3 is 2.69 bits per heavy atom. The summed E-state index contributed by atoms with van der Waals surface area (Å²) in [5.41, 5.74) is 6.33. The van der Waals surface area contributed by atoms with Gasteiger partial charge >= 0.3 is 0 Å². The van der Waals surface area contributed by atoms with Gasteiger partial charge in [0.15, 0.2) is 0 Å². The van der Waals surface area contributed by atoms with E-state index in [1.807, 2.05) is 0 Å². The minimum absolute atomic E-state index is 0.244. The summed E-state index contributed by atoms with van der Waals surface area (Å²) in [6.45, 7) is 0. The van der Waals surface area contributed by atoms with Crippen LogP contribution in [0.15, 0.2) is 16.7 Å². The van der Waals surface area contributed by atoms with Crippen molar-refractivity contribution < 1.29 is 4.39 Å². The molecule has 1 heterocycles. The molecule has 2 nitrogen and oxygen atoms in total. The smallest absolute Gasteiger partial charge is 0.217 e. The Balaban J connectivity index is 2.21. The largest absolute Gasteiger partial charge is 0.328 e. The maximum Gasteiger partial charge on any atom is 0.217 e. The van der Waals surface area contributed by atoms with E-state index in [-0.39, 0.29) is 17.9 Å². The van der Waals surface area contributed by atoms with Crippen molar-refractivity contribution in [2.24, 2.45) is 5.73 Å². The average molecular weight is 245 g/mol. The Bertz CT molecular complexity index is 323. The third-order valence-electron chi connectivity index (χ3n) is 2.46. The van der Waals surface area contributed by atoms with Gasteiger partial charge in [0.2, 0.25) is 5.95 Å². The molecule has 1 aliphatic carbocycles. The van der Waals surface area contributed by atoms with Gasteiger partial charge in [0, 0.05) is 11.6 Å². The lowest BCUT2D eigenvalue weighted by Gasteiger charge is -2.32. The first kappa shape index (κ1) is 9.09. The van der Waals surface area contributed by atoms with Gasteiger partial charge in [-0.2, -0.15) is 4.39 Å². The van der Waals surface area contributed by atoms with Crippen LogP contribution in [-0.4, -0.2) is 11.0 Å². The van der Waals surface area contributed by atoms with E-state index in [1.54, 1.807) is 12.1 Å². The quantitative estimate of drug-likeness (QED) is 0.770. The summed E-state index contributed by atoms with van der Waals surface area (Å²) in [5, 5.41) is 0. The molecule has 1 aliphatic rings. The van der Waals surface area contributed by atoms with Crippen LogP contribution in [-0.2, 0) is 0 Å². The lowest BCUT2D eigenvalue weighted by atomic mass is 9.77. The van der Waals surface area contributed by atoms with Gasteiger partial charge in [-0.25, -0.2) is 4.98 Å². The van der Waals surface area contributed by atoms with E-state index >= 15 is 0 Å². The Morgan fingerprint density at radius 2 is 2.15 bits per heavy atom. The molecule has 0 spiro atoms. The zero-order valence-corrected chi connectivity index (χ0v) is 8.59. The molecule has 70 valence electrons. The number of hydrogen-bond donors (Lipinski definition) is 1. The van der Waals surface area contributed by atoms with Gasteiger partial charge in [0.05, 0.1) is 0 Å². The molecule has 1 saturated carbocycles. The van der Waals surface area contributed by atoms with Crippen LogP contribution in [0.2, 0.25) is 0 Å². The lowest BCUT2D eigenvalue weighted by Crippen LogP contribution is -2.35. The molecule has 1 aromatic rings. The fourth-order valence-electron chi connectivity index (χ4n) is 1.64. The van der Waals surface area contributed by atoms with Gasteiger partial charge in [0.25, 0.3) is 0 Å². The number of pyridine rings is 1. The number of nitrogens with two attached hydrogens (primary N) is 1. The molecule has 0 aromatic carbocycles. The van der Waals surface area contributed by atoms with E-state index < -0.39 is 0 Å². The zero-order valence-electron chi connectivity index (χ0n) is 7.00. The van der Waals surface area contributed by atoms with Crippen molar-refractivity contribution in [2.75, 3.05) is 0 Å². The van der Waals surface area contributed by atoms with E-state index in [2.05, 4.69) is 20.9 Å². The molecule has 0 radical (unpaired) electrons. The number of aromatic nitrogens is 1. The summed E-state index contributed by atoms with van der Waals surface area (Å²) in [6.07, 6.45) is 1.75. The second-order valence-corrected chi connectivity index (χ2v) is 4.25. The summed E-state index contributed by atoms with van der Waals surface area (Å²) < 4.78 is 13.8. The third-order valence-corrected chi connectivity index (χ3v) is 2.90. The van der Waals surface area contributed by atoms with Crippen LogP contribution in [0.25, 0.3) is 0 Å². The van der Waals surface area contributed by atoms with Crippen LogP contribution in [0.4, 0.5) is 4.39 Å². The monoisotopic (exact) mass is 244 g/mol. The zero-order chi connectivity index (χ0) is 9.42. The highest BCUT2D eigenvalue weighted by atomic mass is 79.9. The van der Waals surface area contributed by atoms with E-state index in [0.29, 0.717) is 10.2 Å². The summed E-state index contributed by atoms with van der Waals surface area (Å²) in [4.78, 5) is 3.71. The second-order valence-electron chi connectivity index (χ2n) is 3.44. The molecule has 2 rings (SSSR count). The van der Waals surface area contributed by atoms with Crippen LogP contribution in [0.5, 0.6) is 0 Å². The van der Waals surface area contributed by atoms with E-state index in [0.717, 1.165) is 12.8 Å². The van der Waals surface area contributed by atoms with Crippen molar-refractivity contribution in [3.05, 3.63) is 28.2 Å². The first-order valence-corrected chi connectivity index (χ1v) is 5.03. The highest BCUT2D eigenvalue weighted by molar-refractivity contribution is 9.10. The normalized spacial score (nSPS) is 27.0. The lowest BCUT2D eigenvalue weighted by molar-refractivity contribution is 0.339. The molecule has 0 atom stereocenters. The van der Waals surface area contributed by atoms with Crippen molar-refractivity contribution in [1.82, 2.24) is 4.98 Å². The topological polar surface area (TPSA) is 38.9 Å². The van der Waals surface area contributed by atoms with E-state index in [4.69, 9.17) is 5.73 Å². The number of halogens is 2. The van der Waals surface area contributed by atoms with Crippen LogP contribution in [0.3, 0.4) is 0 Å². The predicted octanol–water partition coefficient (Wildman–Crippen LogP) is 2.19. The Hall–Kier alpha value is -0.480. The highest BCUT2D eigenvalue weighted by Gasteiger charge is 2.29. The van der Waals surface area contributed by atoms with Gasteiger partial charge in [-0.15, -0.1) is 0 Å². The predicted molar refractivity (Wildman–Crippen MR) is 51.8 cm³/mol. The third kappa shape index (κ3) is 1.74. The molecule has 0 aliphatic heterocycles. The molecule has 13 heavy (non-hydrogen) atoms. The van der Waals surface area contributed by atoms with Crippen LogP contribution in [0.1, 0.15) is 24.3 Å². The average Bonchev–Trinajstić information content (AvgIpc) is 2.00. The Morgan fingerprint density at radius 1 is 1.46 bits per heavy atom. The van der Waals surface area contributed by atoms with Crippen LogP contribution < -0.4 is 5.73 Å². The van der Waals surface area contributed by atoms with Gasteiger partial charge < -0.3 is 5.73 Å².